The SMILES string of the molecule is COC(Cn1cncn1)(c1ccc(F)cc1F)C(F)(F)SC1CC1. The van der Waals surface area contributed by atoms with E-state index in [2.05, 4.69) is 10.1 Å². The van der Waals surface area contributed by atoms with Crippen LogP contribution in [-0.4, -0.2) is 32.4 Å². The molecule has 1 saturated carbocycles. The zero-order chi connectivity index (χ0) is 17.4. The zero-order valence-corrected chi connectivity index (χ0v) is 13.6. The van der Waals surface area contributed by atoms with Gasteiger partial charge in [-0.3, -0.25) is 0 Å². The van der Waals surface area contributed by atoms with Crippen molar-refractivity contribution in [1.29, 1.82) is 0 Å². The molecule has 0 bridgehead atoms. The van der Waals surface area contributed by atoms with Crippen LogP contribution in [0.15, 0.2) is 30.9 Å². The number of aromatic nitrogens is 3. The lowest BCUT2D eigenvalue weighted by Gasteiger charge is -2.39. The molecule has 130 valence electrons. The molecule has 1 unspecified atom stereocenters. The summed E-state index contributed by atoms with van der Waals surface area (Å²) in [5, 5.41) is 0.165. The quantitative estimate of drug-likeness (QED) is 0.707. The molecular weight excluding hydrogens is 346 g/mol. The van der Waals surface area contributed by atoms with Gasteiger partial charge >= 0.3 is 5.25 Å². The van der Waals surface area contributed by atoms with Crippen LogP contribution >= 0.6 is 11.8 Å². The monoisotopic (exact) mass is 361 g/mol. The molecule has 0 spiro atoms. The van der Waals surface area contributed by atoms with Crippen LogP contribution in [0.25, 0.3) is 0 Å². The van der Waals surface area contributed by atoms with Crippen LogP contribution in [0.5, 0.6) is 0 Å². The van der Waals surface area contributed by atoms with Crippen molar-refractivity contribution in [2.24, 2.45) is 0 Å². The van der Waals surface area contributed by atoms with Gasteiger partial charge in [-0.25, -0.2) is 18.4 Å². The van der Waals surface area contributed by atoms with E-state index in [-0.39, 0.29) is 5.25 Å². The highest BCUT2D eigenvalue weighted by Crippen LogP contribution is 2.54. The number of halogens is 4. The molecule has 4 nitrogen and oxygen atoms in total. The van der Waals surface area contributed by atoms with E-state index in [1.54, 1.807) is 0 Å². The van der Waals surface area contributed by atoms with Gasteiger partial charge in [0.15, 0.2) is 5.60 Å². The Balaban J connectivity index is 2.10. The second-order valence-electron chi connectivity index (χ2n) is 5.58. The van der Waals surface area contributed by atoms with E-state index in [1.165, 1.54) is 12.7 Å². The summed E-state index contributed by atoms with van der Waals surface area (Å²) in [6.45, 7) is -0.460. The molecule has 9 heteroatoms. The molecule has 3 rings (SSSR count). The van der Waals surface area contributed by atoms with Gasteiger partial charge in [0.05, 0.1) is 6.54 Å². The summed E-state index contributed by atoms with van der Waals surface area (Å²) in [4.78, 5) is 3.72. The van der Waals surface area contributed by atoms with E-state index in [0.717, 1.165) is 23.9 Å². The molecule has 1 heterocycles. The van der Waals surface area contributed by atoms with Crippen molar-refractivity contribution in [3.63, 3.8) is 0 Å². The molecule has 2 aromatic rings. The van der Waals surface area contributed by atoms with E-state index in [4.69, 9.17) is 4.74 Å². The largest absolute Gasteiger partial charge is 0.364 e. The third-order valence-corrected chi connectivity index (χ3v) is 5.31. The van der Waals surface area contributed by atoms with E-state index in [1.807, 2.05) is 0 Å². The highest BCUT2D eigenvalue weighted by atomic mass is 32.2. The molecule has 0 saturated heterocycles. The molecule has 1 fully saturated rings. The van der Waals surface area contributed by atoms with Crippen LogP contribution in [0, 0.1) is 11.6 Å². The normalized spacial score (nSPS) is 17.7. The van der Waals surface area contributed by atoms with Crippen molar-refractivity contribution in [2.45, 2.75) is 35.5 Å². The van der Waals surface area contributed by atoms with Crippen molar-refractivity contribution in [1.82, 2.24) is 14.8 Å². The second kappa shape index (κ2) is 6.36. The van der Waals surface area contributed by atoms with Crippen LogP contribution in [-0.2, 0) is 16.9 Å². The fourth-order valence-corrected chi connectivity index (χ4v) is 3.72. The van der Waals surface area contributed by atoms with E-state index >= 15 is 8.78 Å². The number of hydrogen-bond donors (Lipinski definition) is 0. The number of methoxy groups -OCH3 is 1. The van der Waals surface area contributed by atoms with Crippen LogP contribution in [0.3, 0.4) is 0 Å². The Hall–Kier alpha value is -1.61. The zero-order valence-electron chi connectivity index (χ0n) is 12.8. The summed E-state index contributed by atoms with van der Waals surface area (Å²) in [6, 6.07) is 2.50. The molecule has 1 aliphatic carbocycles. The maximum atomic E-state index is 15.1. The van der Waals surface area contributed by atoms with Crippen molar-refractivity contribution >= 4 is 11.8 Å². The molecule has 1 aliphatic rings. The smallest absolute Gasteiger partial charge is 0.328 e. The van der Waals surface area contributed by atoms with Gasteiger partial charge in [-0.05, 0) is 25.0 Å². The predicted molar refractivity (Wildman–Crippen MR) is 80.6 cm³/mol. The fraction of sp³-hybridized carbons (Fsp3) is 0.467. The first-order valence-corrected chi connectivity index (χ1v) is 8.14. The van der Waals surface area contributed by atoms with Crippen molar-refractivity contribution in [3.05, 3.63) is 48.1 Å². The minimum atomic E-state index is -3.45. The molecule has 1 aromatic carbocycles. The molecule has 0 N–H and O–H groups in total. The summed E-state index contributed by atoms with van der Waals surface area (Å²) in [7, 11) is 1.08. The lowest BCUT2D eigenvalue weighted by Crippen LogP contribution is -2.49. The molecule has 0 aliphatic heterocycles. The minimum Gasteiger partial charge on any atom is -0.364 e. The van der Waals surface area contributed by atoms with Gasteiger partial charge in [0.2, 0.25) is 0 Å². The minimum absolute atomic E-state index is 0.200. The van der Waals surface area contributed by atoms with E-state index in [9.17, 15) is 8.78 Å². The fourth-order valence-electron chi connectivity index (χ4n) is 2.48. The summed E-state index contributed by atoms with van der Waals surface area (Å²) in [5.41, 5.74) is -2.76. The van der Waals surface area contributed by atoms with Gasteiger partial charge in [0, 0.05) is 24.0 Å². The number of rotatable bonds is 7. The second-order valence-corrected chi connectivity index (χ2v) is 7.00. The average Bonchev–Trinajstić information content (AvgIpc) is 3.16. The maximum absolute atomic E-state index is 15.1. The number of benzene rings is 1. The number of hydrogen-bond acceptors (Lipinski definition) is 4. The topological polar surface area (TPSA) is 39.9 Å². The van der Waals surface area contributed by atoms with E-state index < -0.39 is 34.6 Å². The number of nitrogens with zero attached hydrogens (tertiary/aromatic N) is 3. The molecule has 0 amide bonds. The lowest BCUT2D eigenvalue weighted by molar-refractivity contribution is -0.161. The highest BCUT2D eigenvalue weighted by molar-refractivity contribution is 8.01. The molecular formula is C15H15F4N3OS. The number of ether oxygens (including phenoxy) is 1. The number of thioether (sulfide) groups is 1. The average molecular weight is 361 g/mol. The van der Waals surface area contributed by atoms with Gasteiger partial charge < -0.3 is 4.74 Å². The Morgan fingerprint density at radius 1 is 1.33 bits per heavy atom. The maximum Gasteiger partial charge on any atom is 0.328 e. The Morgan fingerprint density at radius 2 is 2.08 bits per heavy atom. The predicted octanol–water partition coefficient (Wildman–Crippen LogP) is 3.59. The van der Waals surface area contributed by atoms with Gasteiger partial charge in [0.25, 0.3) is 0 Å². The standard InChI is InChI=1S/C15H15F4N3OS/c1-23-14(7-22-9-20-8-21-22,15(18,19)24-11-3-4-11)12-5-2-10(16)6-13(12)17/h2,5-6,8-9,11H,3-4,7H2,1H3. The number of alkyl halides is 2. The van der Waals surface area contributed by atoms with Gasteiger partial charge in [0.1, 0.15) is 24.3 Å². The summed E-state index contributed by atoms with van der Waals surface area (Å²) >= 11 is 0.449. The Kier molecular flexibility index (Phi) is 4.56. The first-order valence-electron chi connectivity index (χ1n) is 7.27. The lowest BCUT2D eigenvalue weighted by atomic mass is 9.92. The van der Waals surface area contributed by atoms with Gasteiger partial charge in [-0.15, -0.1) is 0 Å². The summed E-state index contributed by atoms with van der Waals surface area (Å²) in [5.74, 6) is -1.94. The Bertz CT molecular complexity index is 709. The van der Waals surface area contributed by atoms with E-state index in [0.29, 0.717) is 30.7 Å². The molecule has 1 atom stereocenters. The van der Waals surface area contributed by atoms with Crippen molar-refractivity contribution < 1.29 is 22.3 Å². The highest BCUT2D eigenvalue weighted by Gasteiger charge is 2.59. The van der Waals surface area contributed by atoms with Crippen LogP contribution in [0.1, 0.15) is 18.4 Å². The first-order chi connectivity index (χ1) is 11.4. The molecule has 24 heavy (non-hydrogen) atoms. The Morgan fingerprint density at radius 3 is 2.62 bits per heavy atom. The van der Waals surface area contributed by atoms with Crippen molar-refractivity contribution in [3.8, 4) is 0 Å². The van der Waals surface area contributed by atoms with Crippen molar-refractivity contribution in [2.75, 3.05) is 7.11 Å². The van der Waals surface area contributed by atoms with Gasteiger partial charge in [-0.1, -0.05) is 11.8 Å². The first kappa shape index (κ1) is 17.2. The third kappa shape index (κ3) is 3.14. The summed E-state index contributed by atoms with van der Waals surface area (Å²) < 4.78 is 64.1. The molecule has 1 aromatic heterocycles. The van der Waals surface area contributed by atoms with Crippen LogP contribution in [0.2, 0.25) is 0 Å². The van der Waals surface area contributed by atoms with Gasteiger partial charge in [-0.2, -0.15) is 13.9 Å². The van der Waals surface area contributed by atoms with Crippen LogP contribution in [0.4, 0.5) is 17.6 Å². The summed E-state index contributed by atoms with van der Waals surface area (Å²) in [6.07, 6.45) is 3.78. The third-order valence-electron chi connectivity index (χ3n) is 3.88. The van der Waals surface area contributed by atoms with Crippen LogP contribution < -0.4 is 0 Å². The molecule has 0 radical (unpaired) electrons. The Labute approximate surface area is 140 Å².